The van der Waals surface area contributed by atoms with Gasteiger partial charge in [0.25, 0.3) is 5.91 Å². The van der Waals surface area contributed by atoms with Crippen molar-refractivity contribution in [2.24, 2.45) is 5.41 Å². The fraction of sp³-hybridized carbons (Fsp3) is 0.567. The third-order valence-corrected chi connectivity index (χ3v) is 8.99. The van der Waals surface area contributed by atoms with E-state index in [1.54, 1.807) is 10.9 Å². The van der Waals surface area contributed by atoms with Crippen molar-refractivity contribution in [3.05, 3.63) is 41.2 Å². The zero-order chi connectivity index (χ0) is 32.9. The number of carboxylic acid groups (broad SMARTS) is 1. The van der Waals surface area contributed by atoms with Crippen molar-refractivity contribution in [1.82, 2.24) is 19.6 Å². The fourth-order valence-electron chi connectivity index (χ4n) is 6.12. The van der Waals surface area contributed by atoms with Gasteiger partial charge in [-0.25, -0.2) is 0 Å². The first-order valence-electron chi connectivity index (χ1n) is 14.7. The summed E-state index contributed by atoms with van der Waals surface area (Å²) >= 11 is 5.99. The average Bonchev–Trinajstić information content (AvgIpc) is 3.50. The Bertz CT molecular complexity index is 1400. The second-order valence-electron chi connectivity index (χ2n) is 11.8. The zero-order valence-electron chi connectivity index (χ0n) is 25.4. The third-order valence-electron chi connectivity index (χ3n) is 8.76. The van der Waals surface area contributed by atoms with E-state index in [-0.39, 0.29) is 67.7 Å². The molecule has 2 amide bonds. The van der Waals surface area contributed by atoms with Crippen molar-refractivity contribution in [2.75, 3.05) is 45.2 Å². The summed E-state index contributed by atoms with van der Waals surface area (Å²) in [5, 5.41) is 17.7. The number of esters is 1. The average molecular weight is 654 g/mol. The number of hydrogen-bond donors (Lipinski definition) is 2. The summed E-state index contributed by atoms with van der Waals surface area (Å²) < 4.78 is 37.1. The summed E-state index contributed by atoms with van der Waals surface area (Å²) in [7, 11) is 1.20. The molecule has 0 spiro atoms. The second kappa shape index (κ2) is 14.1. The summed E-state index contributed by atoms with van der Waals surface area (Å²) in [6, 6.07) is 5.88. The topological polar surface area (TPSA) is 143 Å². The molecule has 2 saturated heterocycles. The normalized spacial score (nSPS) is 18.1. The molecule has 2 fully saturated rings. The van der Waals surface area contributed by atoms with Gasteiger partial charge in [-0.3, -0.25) is 23.9 Å². The number of carboxylic acids is 1. The van der Waals surface area contributed by atoms with E-state index in [2.05, 4.69) is 19.9 Å². The van der Waals surface area contributed by atoms with Crippen molar-refractivity contribution in [1.29, 1.82) is 0 Å². The summed E-state index contributed by atoms with van der Waals surface area (Å²) in [5.74, 6) is -2.76. The molecule has 1 aromatic carbocycles. The van der Waals surface area contributed by atoms with Crippen LogP contribution in [0.4, 0.5) is 14.5 Å². The Hall–Kier alpha value is -3.78. The lowest BCUT2D eigenvalue weighted by Crippen LogP contribution is -2.57. The monoisotopic (exact) mass is 653 g/mol. The number of nitrogens with zero attached hydrogens (tertiary/aromatic N) is 4. The number of alkyl halides is 2. The van der Waals surface area contributed by atoms with Crippen molar-refractivity contribution in [3.8, 4) is 5.75 Å². The molecule has 0 saturated carbocycles. The highest BCUT2D eigenvalue weighted by atomic mass is 35.5. The summed E-state index contributed by atoms with van der Waals surface area (Å²) in [4.78, 5) is 54.2. The Morgan fingerprint density at radius 2 is 1.73 bits per heavy atom. The molecular weight excluding hydrogens is 616 g/mol. The van der Waals surface area contributed by atoms with Crippen LogP contribution >= 0.6 is 11.6 Å². The van der Waals surface area contributed by atoms with E-state index < -0.39 is 47.7 Å². The van der Waals surface area contributed by atoms with Gasteiger partial charge in [-0.1, -0.05) is 25.4 Å². The molecule has 0 aliphatic carbocycles. The van der Waals surface area contributed by atoms with Crippen molar-refractivity contribution in [2.45, 2.75) is 64.0 Å². The number of nitrogens with one attached hydrogen (secondary N) is 1. The van der Waals surface area contributed by atoms with Crippen LogP contribution in [0.5, 0.6) is 5.75 Å². The maximum atomic E-state index is 14.1. The van der Waals surface area contributed by atoms with Gasteiger partial charge >= 0.3 is 18.6 Å². The number of ether oxygens (including phenoxy) is 2. The van der Waals surface area contributed by atoms with Gasteiger partial charge in [0.05, 0.1) is 18.2 Å². The minimum Gasteiger partial charge on any atom is -0.481 e. The predicted octanol–water partition coefficient (Wildman–Crippen LogP) is 3.95. The number of hydrogen-bond acceptors (Lipinski definition) is 8. The third kappa shape index (κ3) is 7.55. The minimum atomic E-state index is -3.13. The number of methoxy groups -OCH3 is 1. The Morgan fingerprint density at radius 1 is 1.07 bits per heavy atom. The zero-order valence-corrected chi connectivity index (χ0v) is 26.2. The van der Waals surface area contributed by atoms with Crippen LogP contribution in [0.1, 0.15) is 57.6 Å². The van der Waals surface area contributed by atoms with E-state index in [1.165, 1.54) is 30.2 Å². The molecule has 15 heteroatoms. The Labute approximate surface area is 264 Å². The van der Waals surface area contributed by atoms with Crippen LogP contribution in [0.15, 0.2) is 30.5 Å². The van der Waals surface area contributed by atoms with Crippen molar-refractivity contribution in [3.63, 3.8) is 0 Å². The molecule has 0 bridgehead atoms. The molecule has 2 aromatic rings. The summed E-state index contributed by atoms with van der Waals surface area (Å²) in [6.45, 7) is 2.11. The van der Waals surface area contributed by atoms with Crippen LogP contribution in [-0.2, 0) is 29.5 Å². The van der Waals surface area contributed by atoms with Gasteiger partial charge in [-0.05, 0) is 49.8 Å². The molecule has 2 N–H and O–H groups in total. The number of benzene rings is 1. The summed E-state index contributed by atoms with van der Waals surface area (Å²) in [6.07, 6.45) is 2.15. The number of piperidine rings is 2. The Kier molecular flexibility index (Phi) is 10.7. The van der Waals surface area contributed by atoms with Crippen molar-refractivity contribution < 1.29 is 42.5 Å². The smallest absolute Gasteiger partial charge is 0.387 e. The van der Waals surface area contributed by atoms with Gasteiger partial charge in [-0.2, -0.15) is 13.9 Å². The molecule has 0 radical (unpaired) electrons. The molecule has 3 heterocycles. The van der Waals surface area contributed by atoms with Gasteiger partial charge in [0.15, 0.2) is 5.75 Å². The molecule has 1 aromatic heterocycles. The lowest BCUT2D eigenvalue weighted by atomic mass is 9.76. The molecule has 246 valence electrons. The van der Waals surface area contributed by atoms with Crippen molar-refractivity contribution >= 4 is 41.0 Å². The number of aliphatic carboxylic acids is 1. The highest BCUT2D eigenvalue weighted by Gasteiger charge is 2.49. The van der Waals surface area contributed by atoms with Gasteiger partial charge < -0.3 is 29.7 Å². The maximum Gasteiger partial charge on any atom is 0.387 e. The van der Waals surface area contributed by atoms with E-state index in [1.807, 2.05) is 24.8 Å². The van der Waals surface area contributed by atoms with Crippen LogP contribution in [-0.4, -0.2) is 94.9 Å². The Morgan fingerprint density at radius 3 is 2.31 bits per heavy atom. The molecule has 12 nitrogen and oxygen atoms in total. The summed E-state index contributed by atoms with van der Waals surface area (Å²) in [5.41, 5.74) is -1.49. The minimum absolute atomic E-state index is 0.0193. The lowest BCUT2D eigenvalue weighted by molar-refractivity contribution is -0.158. The van der Waals surface area contributed by atoms with E-state index in [9.17, 15) is 33.1 Å². The second-order valence-corrected chi connectivity index (χ2v) is 12.3. The number of carbonyl (C=O) groups excluding carboxylic acids is 3. The number of likely N-dealkylation sites (tertiary alicyclic amines) is 2. The van der Waals surface area contributed by atoms with Gasteiger partial charge in [-0.15, -0.1) is 0 Å². The quantitative estimate of drug-likeness (QED) is 0.272. The maximum absolute atomic E-state index is 14.1. The number of halogens is 3. The molecule has 0 unspecified atom stereocenters. The largest absolute Gasteiger partial charge is 0.481 e. The SMILES string of the molecule is COC(=O)CC(=O)N1CCC(CN2CCC(C(=O)Nc3ccc(Cl)cc3OC(F)F)(n3nccc3C(C)C)CC2)(C(=O)O)CC1. The van der Waals surface area contributed by atoms with Crippen LogP contribution in [0.3, 0.4) is 0 Å². The molecular formula is C30H38ClF2N5O7. The van der Waals surface area contributed by atoms with E-state index in [4.69, 9.17) is 11.6 Å². The number of aromatic nitrogens is 2. The molecule has 4 rings (SSSR count). The van der Waals surface area contributed by atoms with Gasteiger partial charge in [0.2, 0.25) is 5.91 Å². The molecule has 2 aliphatic rings. The number of carbonyl (C=O) groups is 4. The number of anilines is 1. The highest BCUT2D eigenvalue weighted by molar-refractivity contribution is 6.30. The highest BCUT2D eigenvalue weighted by Crippen LogP contribution is 2.39. The first-order chi connectivity index (χ1) is 21.3. The van der Waals surface area contributed by atoms with Crippen LogP contribution in [0.2, 0.25) is 5.02 Å². The number of amides is 2. The molecule has 0 atom stereocenters. The van der Waals surface area contributed by atoms with Crippen LogP contribution < -0.4 is 10.1 Å². The first-order valence-corrected chi connectivity index (χ1v) is 15.1. The number of rotatable bonds is 11. The molecule has 45 heavy (non-hydrogen) atoms. The van der Waals surface area contributed by atoms with Gasteiger partial charge in [0.1, 0.15) is 12.0 Å². The standard InChI is InChI=1S/C30H38ClF2N5O7/c1-19(2)22-6-11-34-38(22)30(26(41)35-21-5-4-20(31)16-23(21)45-28(32)33)9-12-36(13-10-30)18-29(27(42)43)7-14-37(15-8-29)24(39)17-25(40)44-3/h4-6,11,16,19,28H,7-10,12-15,17-18H2,1-3H3,(H,35,41)(H,42,43). The first kappa shape index (κ1) is 34.1. The predicted molar refractivity (Wildman–Crippen MR) is 159 cm³/mol. The van der Waals surface area contributed by atoms with E-state index in [0.717, 1.165) is 5.69 Å². The molecule has 2 aliphatic heterocycles. The van der Waals surface area contributed by atoms with E-state index >= 15 is 0 Å². The van der Waals surface area contributed by atoms with Crippen LogP contribution in [0, 0.1) is 5.41 Å². The lowest BCUT2D eigenvalue weighted by Gasteiger charge is -2.46. The van der Waals surface area contributed by atoms with E-state index in [0.29, 0.717) is 13.1 Å². The van der Waals surface area contributed by atoms with Crippen LogP contribution in [0.25, 0.3) is 0 Å². The van der Waals surface area contributed by atoms with Gasteiger partial charge in [0, 0.05) is 55.7 Å². The Balaban J connectivity index is 1.53. The fourth-order valence-corrected chi connectivity index (χ4v) is 6.28.